The van der Waals surface area contributed by atoms with E-state index in [0.717, 1.165) is 12.8 Å². The standard InChI is InChI=1S/C24H21Cl4N3O4/c1-30(14-7-11(25)6-12(26)8-14)21(32)18-17-4-2-3-5-31(17)24(19(18)22(33)34)15-9-13(27)10-16(28)20(15)29-23(24)35/h6-10,17-19H,2-5H2,1H3,(H,29,35)(H,33,34)/t17-,18?,19-,24+/m1/s1. The first-order valence-corrected chi connectivity index (χ1v) is 12.6. The maximum atomic E-state index is 14.0. The second-order valence-electron chi connectivity index (χ2n) is 9.15. The highest BCUT2D eigenvalue weighted by Gasteiger charge is 2.71. The molecule has 0 aliphatic carbocycles. The second-order valence-corrected chi connectivity index (χ2v) is 10.9. The number of anilines is 2. The van der Waals surface area contributed by atoms with E-state index < -0.39 is 41.2 Å². The van der Waals surface area contributed by atoms with Gasteiger partial charge in [0.25, 0.3) is 5.91 Å². The summed E-state index contributed by atoms with van der Waals surface area (Å²) in [5.74, 6) is -4.57. The number of fused-ring (bicyclic) bond motifs is 4. The summed E-state index contributed by atoms with van der Waals surface area (Å²) in [6.07, 6.45) is 2.15. The van der Waals surface area contributed by atoms with Gasteiger partial charge in [0.2, 0.25) is 5.91 Å². The second kappa shape index (κ2) is 8.82. The number of hydrogen-bond donors (Lipinski definition) is 2. The lowest BCUT2D eigenvalue weighted by Gasteiger charge is -2.40. The van der Waals surface area contributed by atoms with E-state index in [1.165, 1.54) is 11.0 Å². The molecule has 2 aromatic carbocycles. The van der Waals surface area contributed by atoms with E-state index in [2.05, 4.69) is 5.32 Å². The van der Waals surface area contributed by atoms with Crippen LogP contribution in [0.4, 0.5) is 11.4 Å². The molecule has 3 aliphatic heterocycles. The van der Waals surface area contributed by atoms with Gasteiger partial charge in [0.1, 0.15) is 11.5 Å². The fraction of sp³-hybridized carbons (Fsp3) is 0.375. The van der Waals surface area contributed by atoms with Crippen LogP contribution >= 0.6 is 46.4 Å². The molecule has 35 heavy (non-hydrogen) atoms. The molecular weight excluding hydrogens is 536 g/mol. The highest BCUT2D eigenvalue weighted by atomic mass is 35.5. The Balaban J connectivity index is 1.69. The SMILES string of the molecule is CN(C(=O)C1[C@H]2CCCCN2[C@]2(C(=O)Nc3c(Cl)cc(Cl)cc32)[C@H]1C(=O)O)c1cc(Cl)cc(Cl)c1. The summed E-state index contributed by atoms with van der Waals surface area (Å²) >= 11 is 25.0. The number of rotatable bonds is 3. The van der Waals surface area contributed by atoms with Crippen molar-refractivity contribution in [2.75, 3.05) is 23.8 Å². The zero-order valence-electron chi connectivity index (χ0n) is 18.5. The first-order chi connectivity index (χ1) is 16.6. The van der Waals surface area contributed by atoms with Crippen molar-refractivity contribution < 1.29 is 19.5 Å². The van der Waals surface area contributed by atoms with Gasteiger partial charge in [-0.1, -0.05) is 52.8 Å². The number of piperidine rings is 1. The monoisotopic (exact) mass is 555 g/mol. The summed E-state index contributed by atoms with van der Waals surface area (Å²) in [5.41, 5.74) is -0.460. The molecule has 184 valence electrons. The Morgan fingerprint density at radius 3 is 2.37 bits per heavy atom. The summed E-state index contributed by atoms with van der Waals surface area (Å²) < 4.78 is 0. The van der Waals surface area contributed by atoms with E-state index in [0.29, 0.717) is 39.9 Å². The third kappa shape index (κ3) is 3.63. The third-order valence-electron chi connectivity index (χ3n) is 7.39. The Morgan fingerprint density at radius 1 is 1.06 bits per heavy atom. The minimum Gasteiger partial charge on any atom is -0.481 e. The number of halogens is 4. The molecule has 11 heteroatoms. The maximum absolute atomic E-state index is 14.0. The zero-order valence-corrected chi connectivity index (χ0v) is 21.5. The van der Waals surface area contributed by atoms with E-state index >= 15 is 0 Å². The summed E-state index contributed by atoms with van der Waals surface area (Å²) in [7, 11) is 1.55. The molecule has 0 aromatic heterocycles. The van der Waals surface area contributed by atoms with Crippen molar-refractivity contribution >= 4 is 75.6 Å². The molecule has 7 nitrogen and oxygen atoms in total. The van der Waals surface area contributed by atoms with Crippen molar-refractivity contribution in [3.8, 4) is 0 Å². The molecule has 2 aromatic rings. The Hall–Kier alpha value is -2.03. The van der Waals surface area contributed by atoms with Crippen LogP contribution in [0.2, 0.25) is 20.1 Å². The van der Waals surface area contributed by atoms with E-state index in [1.54, 1.807) is 31.3 Å². The third-order valence-corrected chi connectivity index (χ3v) is 8.35. The Labute approximate surface area is 221 Å². The largest absolute Gasteiger partial charge is 0.481 e. The molecule has 2 N–H and O–H groups in total. The topological polar surface area (TPSA) is 90.0 Å². The molecule has 0 radical (unpaired) electrons. The summed E-state index contributed by atoms with van der Waals surface area (Å²) in [5, 5.41) is 14.5. The highest BCUT2D eigenvalue weighted by molar-refractivity contribution is 6.38. The minimum atomic E-state index is -1.62. The number of carbonyl (C=O) groups is 3. The number of carboxylic acids is 1. The van der Waals surface area contributed by atoms with Crippen LogP contribution in [-0.2, 0) is 19.9 Å². The molecule has 1 unspecified atom stereocenters. The van der Waals surface area contributed by atoms with E-state index in [9.17, 15) is 19.5 Å². The van der Waals surface area contributed by atoms with Crippen LogP contribution in [0.3, 0.4) is 0 Å². The van der Waals surface area contributed by atoms with Crippen molar-refractivity contribution in [1.82, 2.24) is 4.90 Å². The van der Waals surface area contributed by atoms with Crippen LogP contribution < -0.4 is 10.2 Å². The summed E-state index contributed by atoms with van der Waals surface area (Å²) in [4.78, 5) is 43.9. The minimum absolute atomic E-state index is 0.218. The van der Waals surface area contributed by atoms with Gasteiger partial charge >= 0.3 is 5.97 Å². The normalized spacial score (nSPS) is 27.5. The predicted molar refractivity (Wildman–Crippen MR) is 136 cm³/mol. The van der Waals surface area contributed by atoms with Crippen LogP contribution in [0.1, 0.15) is 24.8 Å². The molecule has 3 heterocycles. The molecule has 1 spiro atoms. The first kappa shape index (κ1) is 24.7. The van der Waals surface area contributed by atoms with Crippen molar-refractivity contribution in [3.63, 3.8) is 0 Å². The van der Waals surface area contributed by atoms with Crippen molar-refractivity contribution in [1.29, 1.82) is 0 Å². The Bertz CT molecular complexity index is 1250. The Morgan fingerprint density at radius 2 is 1.71 bits per heavy atom. The fourth-order valence-electron chi connectivity index (χ4n) is 6.08. The lowest BCUT2D eigenvalue weighted by molar-refractivity contribution is -0.152. The van der Waals surface area contributed by atoms with Crippen LogP contribution in [0, 0.1) is 11.8 Å². The number of aliphatic carboxylic acids is 1. The van der Waals surface area contributed by atoms with E-state index in [1.807, 2.05) is 4.90 Å². The van der Waals surface area contributed by atoms with Crippen LogP contribution in [0.25, 0.3) is 0 Å². The van der Waals surface area contributed by atoms with Gasteiger partial charge in [-0.25, -0.2) is 0 Å². The maximum Gasteiger partial charge on any atom is 0.310 e. The number of carboxylic acid groups (broad SMARTS) is 1. The van der Waals surface area contributed by atoms with Crippen LogP contribution in [0.5, 0.6) is 0 Å². The molecule has 0 saturated carbocycles. The van der Waals surface area contributed by atoms with Gasteiger partial charge in [-0.3, -0.25) is 19.3 Å². The summed E-state index contributed by atoms with van der Waals surface area (Å²) in [6.45, 7) is 0.460. The first-order valence-electron chi connectivity index (χ1n) is 11.1. The summed E-state index contributed by atoms with van der Waals surface area (Å²) in [6, 6.07) is 7.33. The molecular formula is C24H21Cl4N3O4. The molecule has 2 amide bonds. The molecule has 5 rings (SSSR count). The van der Waals surface area contributed by atoms with E-state index in [4.69, 9.17) is 46.4 Å². The number of hydrogen-bond acceptors (Lipinski definition) is 4. The van der Waals surface area contributed by atoms with Crippen molar-refractivity contribution in [2.24, 2.45) is 11.8 Å². The van der Waals surface area contributed by atoms with Crippen molar-refractivity contribution in [3.05, 3.63) is 56.0 Å². The quantitative estimate of drug-likeness (QED) is 0.535. The number of nitrogens with zero attached hydrogens (tertiary/aromatic N) is 2. The van der Waals surface area contributed by atoms with Gasteiger partial charge in [0, 0.05) is 39.4 Å². The smallest absolute Gasteiger partial charge is 0.310 e. The van der Waals surface area contributed by atoms with Gasteiger partial charge in [0.05, 0.1) is 16.6 Å². The average Bonchev–Trinajstić information content (AvgIpc) is 3.26. The van der Waals surface area contributed by atoms with Crippen molar-refractivity contribution in [2.45, 2.75) is 30.8 Å². The van der Waals surface area contributed by atoms with Crippen LogP contribution in [-0.4, -0.2) is 47.4 Å². The Kier molecular flexibility index (Phi) is 6.21. The van der Waals surface area contributed by atoms with Gasteiger partial charge in [-0.05, 0) is 49.7 Å². The van der Waals surface area contributed by atoms with Gasteiger partial charge in [0.15, 0.2) is 0 Å². The average molecular weight is 557 g/mol. The predicted octanol–water partition coefficient (Wildman–Crippen LogP) is 5.30. The fourth-order valence-corrected chi connectivity index (χ4v) is 7.13. The highest BCUT2D eigenvalue weighted by Crippen LogP contribution is 2.59. The molecule has 2 fully saturated rings. The van der Waals surface area contributed by atoms with E-state index in [-0.39, 0.29) is 10.0 Å². The number of nitrogens with one attached hydrogen (secondary N) is 1. The molecule has 0 bridgehead atoms. The van der Waals surface area contributed by atoms with Gasteiger partial charge in [-0.2, -0.15) is 0 Å². The van der Waals surface area contributed by atoms with Gasteiger partial charge in [-0.15, -0.1) is 0 Å². The lowest BCUT2D eigenvalue weighted by atomic mass is 9.74. The van der Waals surface area contributed by atoms with Crippen LogP contribution in [0.15, 0.2) is 30.3 Å². The molecule has 4 atom stereocenters. The number of amides is 2. The van der Waals surface area contributed by atoms with Gasteiger partial charge < -0.3 is 15.3 Å². The zero-order chi connectivity index (χ0) is 25.2. The molecule has 2 saturated heterocycles. The number of benzene rings is 2. The number of carbonyl (C=O) groups excluding carboxylic acids is 2. The molecule has 3 aliphatic rings. The lowest BCUT2D eigenvalue weighted by Crippen LogP contribution is -2.55.